The molecule has 19 heavy (non-hydrogen) atoms. The first-order valence-corrected chi connectivity index (χ1v) is 7.14. The van der Waals surface area contributed by atoms with Gasteiger partial charge in [0.2, 0.25) is 5.91 Å². The molecule has 0 radical (unpaired) electrons. The molecule has 4 heteroatoms. The number of hydrogen-bond acceptors (Lipinski definition) is 3. The van der Waals surface area contributed by atoms with E-state index in [9.17, 15) is 4.79 Å². The van der Waals surface area contributed by atoms with Crippen molar-refractivity contribution in [2.24, 2.45) is 5.73 Å². The van der Waals surface area contributed by atoms with E-state index in [-0.39, 0.29) is 11.3 Å². The molecule has 1 amide bonds. The summed E-state index contributed by atoms with van der Waals surface area (Å²) in [7, 11) is 0. The number of pyridine rings is 1. The molecule has 1 aromatic rings. The second-order valence-electron chi connectivity index (χ2n) is 5.40. The quantitative estimate of drug-likeness (QED) is 0.700. The normalized spacial score (nSPS) is 16.1. The van der Waals surface area contributed by atoms with Crippen molar-refractivity contribution in [2.75, 3.05) is 13.1 Å². The van der Waals surface area contributed by atoms with E-state index < -0.39 is 0 Å². The molecule has 0 aromatic carbocycles. The SMILES string of the molecule is NCCCCCC(=O)NCC1(c2cccnc2)CC1. The maximum atomic E-state index is 11.8. The Morgan fingerprint density at radius 2 is 2.21 bits per heavy atom. The van der Waals surface area contributed by atoms with E-state index in [0.717, 1.165) is 38.6 Å². The molecule has 0 bridgehead atoms. The van der Waals surface area contributed by atoms with Crippen LogP contribution in [0.5, 0.6) is 0 Å². The van der Waals surface area contributed by atoms with Crippen LogP contribution in [0.4, 0.5) is 0 Å². The monoisotopic (exact) mass is 261 g/mol. The van der Waals surface area contributed by atoms with E-state index in [4.69, 9.17) is 5.73 Å². The molecule has 0 atom stereocenters. The summed E-state index contributed by atoms with van der Waals surface area (Å²) in [4.78, 5) is 15.9. The number of unbranched alkanes of at least 4 members (excludes halogenated alkanes) is 2. The van der Waals surface area contributed by atoms with E-state index >= 15 is 0 Å². The van der Waals surface area contributed by atoms with Crippen LogP contribution in [0, 0.1) is 0 Å². The van der Waals surface area contributed by atoms with E-state index in [0.29, 0.717) is 13.0 Å². The Bertz CT molecular complexity index is 401. The second-order valence-corrected chi connectivity index (χ2v) is 5.40. The van der Waals surface area contributed by atoms with Crippen LogP contribution in [0.3, 0.4) is 0 Å². The van der Waals surface area contributed by atoms with Gasteiger partial charge in [-0.15, -0.1) is 0 Å². The van der Waals surface area contributed by atoms with Crippen LogP contribution < -0.4 is 11.1 Å². The van der Waals surface area contributed by atoms with E-state index in [2.05, 4.69) is 16.4 Å². The van der Waals surface area contributed by atoms with Gasteiger partial charge in [-0.25, -0.2) is 0 Å². The predicted octanol–water partition coefficient (Wildman–Crippen LogP) is 1.75. The van der Waals surface area contributed by atoms with Gasteiger partial charge in [0, 0.05) is 30.8 Å². The third-order valence-corrected chi connectivity index (χ3v) is 3.86. The van der Waals surface area contributed by atoms with Crippen molar-refractivity contribution in [3.63, 3.8) is 0 Å². The highest BCUT2D eigenvalue weighted by Gasteiger charge is 2.44. The molecule has 104 valence electrons. The molecule has 4 nitrogen and oxygen atoms in total. The van der Waals surface area contributed by atoms with Crippen LogP contribution in [0.25, 0.3) is 0 Å². The van der Waals surface area contributed by atoms with Gasteiger partial charge in [0.05, 0.1) is 0 Å². The fourth-order valence-electron chi connectivity index (χ4n) is 2.36. The molecule has 0 unspecified atom stereocenters. The Balaban J connectivity index is 1.72. The smallest absolute Gasteiger partial charge is 0.220 e. The minimum Gasteiger partial charge on any atom is -0.355 e. The summed E-state index contributed by atoms with van der Waals surface area (Å²) < 4.78 is 0. The number of carbonyl (C=O) groups excluding carboxylic acids is 1. The first-order chi connectivity index (χ1) is 9.27. The Labute approximate surface area is 114 Å². The predicted molar refractivity (Wildman–Crippen MR) is 75.7 cm³/mol. The highest BCUT2D eigenvalue weighted by molar-refractivity contribution is 5.76. The lowest BCUT2D eigenvalue weighted by molar-refractivity contribution is -0.121. The molecular weight excluding hydrogens is 238 g/mol. The third-order valence-electron chi connectivity index (χ3n) is 3.86. The average molecular weight is 261 g/mol. The van der Waals surface area contributed by atoms with E-state index in [1.54, 1.807) is 6.20 Å². The Morgan fingerprint density at radius 1 is 1.37 bits per heavy atom. The lowest BCUT2D eigenvalue weighted by Gasteiger charge is -2.16. The fraction of sp³-hybridized carbons (Fsp3) is 0.600. The summed E-state index contributed by atoms with van der Waals surface area (Å²) >= 11 is 0. The molecular formula is C15H23N3O. The van der Waals surface area contributed by atoms with Crippen molar-refractivity contribution in [1.29, 1.82) is 0 Å². The molecule has 1 heterocycles. The van der Waals surface area contributed by atoms with Crippen molar-refractivity contribution >= 4 is 5.91 Å². The van der Waals surface area contributed by atoms with Gasteiger partial charge in [0.25, 0.3) is 0 Å². The van der Waals surface area contributed by atoms with Gasteiger partial charge in [-0.3, -0.25) is 9.78 Å². The van der Waals surface area contributed by atoms with Crippen molar-refractivity contribution in [3.05, 3.63) is 30.1 Å². The average Bonchev–Trinajstić information content (AvgIpc) is 3.24. The maximum absolute atomic E-state index is 11.8. The van der Waals surface area contributed by atoms with Crippen LogP contribution >= 0.6 is 0 Å². The van der Waals surface area contributed by atoms with Crippen molar-refractivity contribution in [1.82, 2.24) is 10.3 Å². The summed E-state index contributed by atoms with van der Waals surface area (Å²) in [5.74, 6) is 0.159. The first kappa shape index (κ1) is 14.0. The van der Waals surface area contributed by atoms with Gasteiger partial charge in [-0.05, 0) is 43.9 Å². The summed E-state index contributed by atoms with van der Waals surface area (Å²) in [5, 5.41) is 3.06. The van der Waals surface area contributed by atoms with Gasteiger partial charge in [-0.2, -0.15) is 0 Å². The standard InChI is InChI=1S/C15H23N3O/c16-9-3-1-2-6-14(19)18-12-15(7-8-15)13-5-4-10-17-11-13/h4-5,10-11H,1-3,6-9,12,16H2,(H,18,19). The van der Waals surface area contributed by atoms with Crippen LogP contribution in [-0.4, -0.2) is 24.0 Å². The summed E-state index contributed by atoms with van der Waals surface area (Å²) in [6.45, 7) is 1.46. The molecule has 2 rings (SSSR count). The van der Waals surface area contributed by atoms with Gasteiger partial charge >= 0.3 is 0 Å². The number of hydrogen-bond donors (Lipinski definition) is 2. The lowest BCUT2D eigenvalue weighted by Crippen LogP contribution is -2.32. The van der Waals surface area contributed by atoms with Crippen molar-refractivity contribution in [2.45, 2.75) is 43.9 Å². The molecule has 0 spiro atoms. The van der Waals surface area contributed by atoms with E-state index in [1.807, 2.05) is 12.3 Å². The molecule has 1 aromatic heterocycles. The number of nitrogens with zero attached hydrogens (tertiary/aromatic N) is 1. The highest BCUT2D eigenvalue weighted by atomic mass is 16.1. The van der Waals surface area contributed by atoms with Gasteiger partial charge < -0.3 is 11.1 Å². The first-order valence-electron chi connectivity index (χ1n) is 7.14. The van der Waals surface area contributed by atoms with Crippen LogP contribution in [0.2, 0.25) is 0 Å². The highest BCUT2D eigenvalue weighted by Crippen LogP contribution is 2.47. The number of nitrogens with one attached hydrogen (secondary N) is 1. The Hall–Kier alpha value is -1.42. The maximum Gasteiger partial charge on any atom is 0.220 e. The van der Waals surface area contributed by atoms with E-state index in [1.165, 1.54) is 5.56 Å². The largest absolute Gasteiger partial charge is 0.355 e. The number of carbonyl (C=O) groups is 1. The van der Waals surface area contributed by atoms with Crippen LogP contribution in [-0.2, 0) is 10.2 Å². The van der Waals surface area contributed by atoms with Crippen molar-refractivity contribution < 1.29 is 4.79 Å². The zero-order chi connectivity index (χ0) is 13.6. The summed E-state index contributed by atoms with van der Waals surface area (Å²) in [6.07, 6.45) is 9.59. The van der Waals surface area contributed by atoms with Crippen molar-refractivity contribution in [3.8, 4) is 0 Å². The molecule has 1 aliphatic rings. The van der Waals surface area contributed by atoms with Crippen LogP contribution in [0.1, 0.15) is 44.1 Å². The number of nitrogens with two attached hydrogens (primary N) is 1. The molecule has 3 N–H and O–H groups in total. The minimum absolute atomic E-state index is 0.154. The molecule has 1 fully saturated rings. The Kier molecular flexibility index (Phi) is 4.91. The number of aromatic nitrogens is 1. The van der Waals surface area contributed by atoms with Gasteiger partial charge in [0.1, 0.15) is 0 Å². The molecule has 0 aliphatic heterocycles. The third kappa shape index (κ3) is 4.03. The van der Waals surface area contributed by atoms with Gasteiger partial charge in [0.15, 0.2) is 0 Å². The lowest BCUT2D eigenvalue weighted by atomic mass is 9.98. The van der Waals surface area contributed by atoms with Gasteiger partial charge in [-0.1, -0.05) is 12.5 Å². The number of amides is 1. The number of rotatable bonds is 8. The van der Waals surface area contributed by atoms with Crippen LogP contribution in [0.15, 0.2) is 24.5 Å². The zero-order valence-corrected chi connectivity index (χ0v) is 11.4. The zero-order valence-electron chi connectivity index (χ0n) is 11.4. The minimum atomic E-state index is 0.154. The molecule has 1 aliphatic carbocycles. The fourth-order valence-corrected chi connectivity index (χ4v) is 2.36. The summed E-state index contributed by atoms with van der Waals surface area (Å²) in [6, 6.07) is 4.07. The summed E-state index contributed by atoms with van der Waals surface area (Å²) in [5.41, 5.74) is 6.83. The molecule has 0 saturated heterocycles. The second kappa shape index (κ2) is 6.66. The Morgan fingerprint density at radius 3 is 2.84 bits per heavy atom. The topological polar surface area (TPSA) is 68.0 Å². The molecule has 1 saturated carbocycles.